The summed E-state index contributed by atoms with van der Waals surface area (Å²) in [6, 6.07) is 10.7. The molecule has 0 spiro atoms. The fraction of sp³-hybridized carbons (Fsp3) is 0.118. The molecule has 0 saturated carbocycles. The number of hydrogen-bond acceptors (Lipinski definition) is 3. The van der Waals surface area contributed by atoms with Gasteiger partial charge in [0.25, 0.3) is 0 Å². The van der Waals surface area contributed by atoms with E-state index in [1.807, 2.05) is 0 Å². The van der Waals surface area contributed by atoms with E-state index in [-0.39, 0.29) is 23.3 Å². The molecule has 0 aliphatic rings. The Hall–Kier alpha value is -2.24. The minimum absolute atomic E-state index is 0.0378. The van der Waals surface area contributed by atoms with Crippen molar-refractivity contribution in [3.8, 4) is 0 Å². The topological polar surface area (TPSA) is 45.1 Å². The summed E-state index contributed by atoms with van der Waals surface area (Å²) < 4.78 is 28.1. The molecular formula is C17H13ClF2N2O. The van der Waals surface area contributed by atoms with Gasteiger partial charge in [0.15, 0.2) is 5.82 Å². The second-order valence-electron chi connectivity index (χ2n) is 5.03. The second-order valence-corrected chi connectivity index (χ2v) is 5.44. The summed E-state index contributed by atoms with van der Waals surface area (Å²) in [5.41, 5.74) is 0.466. The Morgan fingerprint density at radius 3 is 2.70 bits per heavy atom. The van der Waals surface area contributed by atoms with Crippen molar-refractivity contribution in [2.24, 2.45) is 0 Å². The van der Waals surface area contributed by atoms with Crippen molar-refractivity contribution in [2.45, 2.75) is 6.10 Å². The number of fused-ring (bicyclic) bond motifs is 1. The summed E-state index contributed by atoms with van der Waals surface area (Å²) in [6.45, 7) is -0.0378. The normalized spacial score (nSPS) is 12.3. The molecule has 0 bridgehead atoms. The first-order valence-corrected chi connectivity index (χ1v) is 7.35. The summed E-state index contributed by atoms with van der Waals surface area (Å²) >= 11 is 6.00. The Morgan fingerprint density at radius 2 is 1.91 bits per heavy atom. The minimum Gasteiger partial charge on any atom is -0.386 e. The van der Waals surface area contributed by atoms with Crippen LogP contribution in [0, 0.1) is 11.6 Å². The molecule has 3 aromatic rings. The summed E-state index contributed by atoms with van der Waals surface area (Å²) in [7, 11) is 0. The van der Waals surface area contributed by atoms with Crippen molar-refractivity contribution in [1.82, 2.24) is 4.98 Å². The van der Waals surface area contributed by atoms with Gasteiger partial charge in [-0.25, -0.2) is 8.78 Å². The SMILES string of the molecule is OC(CNc1ccc2c(Cl)ccnc2c1F)c1ccccc1F. The Bertz CT molecular complexity index is 857. The van der Waals surface area contributed by atoms with Crippen LogP contribution in [-0.2, 0) is 0 Å². The number of nitrogens with zero attached hydrogens (tertiary/aromatic N) is 1. The summed E-state index contributed by atoms with van der Waals surface area (Å²) in [5, 5.41) is 13.7. The van der Waals surface area contributed by atoms with E-state index in [4.69, 9.17) is 11.6 Å². The molecule has 0 aliphatic heterocycles. The zero-order chi connectivity index (χ0) is 16.4. The molecule has 0 saturated heterocycles. The number of pyridine rings is 1. The first-order valence-electron chi connectivity index (χ1n) is 6.97. The number of rotatable bonds is 4. The van der Waals surface area contributed by atoms with Gasteiger partial charge in [0.1, 0.15) is 11.3 Å². The third kappa shape index (κ3) is 3.11. The van der Waals surface area contributed by atoms with Crippen molar-refractivity contribution in [1.29, 1.82) is 0 Å². The Morgan fingerprint density at radius 1 is 1.13 bits per heavy atom. The minimum atomic E-state index is -1.10. The van der Waals surface area contributed by atoms with Crippen LogP contribution in [0.3, 0.4) is 0 Å². The van der Waals surface area contributed by atoms with Crippen LogP contribution < -0.4 is 5.32 Å². The van der Waals surface area contributed by atoms with Crippen molar-refractivity contribution < 1.29 is 13.9 Å². The van der Waals surface area contributed by atoms with E-state index in [1.54, 1.807) is 18.2 Å². The van der Waals surface area contributed by atoms with Crippen LogP contribution in [-0.4, -0.2) is 16.6 Å². The summed E-state index contributed by atoms with van der Waals surface area (Å²) in [6.07, 6.45) is 0.324. The van der Waals surface area contributed by atoms with E-state index < -0.39 is 17.7 Å². The average molecular weight is 335 g/mol. The molecule has 0 amide bonds. The predicted octanol–water partition coefficient (Wildman–Crippen LogP) is 4.31. The third-order valence-electron chi connectivity index (χ3n) is 3.55. The van der Waals surface area contributed by atoms with Crippen LogP contribution in [0.25, 0.3) is 10.9 Å². The Balaban J connectivity index is 1.82. The summed E-state index contributed by atoms with van der Waals surface area (Å²) in [4.78, 5) is 3.98. The van der Waals surface area contributed by atoms with E-state index in [9.17, 15) is 13.9 Å². The van der Waals surface area contributed by atoms with Gasteiger partial charge in [0.05, 0.1) is 16.8 Å². The van der Waals surface area contributed by atoms with Gasteiger partial charge in [-0.15, -0.1) is 0 Å². The highest BCUT2D eigenvalue weighted by Crippen LogP contribution is 2.28. The van der Waals surface area contributed by atoms with Crippen molar-refractivity contribution in [2.75, 3.05) is 11.9 Å². The molecule has 3 nitrogen and oxygen atoms in total. The maximum absolute atomic E-state index is 14.4. The first kappa shape index (κ1) is 15.6. The highest BCUT2D eigenvalue weighted by atomic mass is 35.5. The first-order chi connectivity index (χ1) is 11.1. The molecule has 0 aliphatic carbocycles. The quantitative estimate of drug-likeness (QED) is 0.747. The molecule has 6 heteroatoms. The maximum atomic E-state index is 14.4. The lowest BCUT2D eigenvalue weighted by Gasteiger charge is -2.15. The van der Waals surface area contributed by atoms with Gasteiger partial charge < -0.3 is 10.4 Å². The predicted molar refractivity (Wildman–Crippen MR) is 86.6 cm³/mol. The van der Waals surface area contributed by atoms with Gasteiger partial charge in [-0.3, -0.25) is 4.98 Å². The molecule has 1 aromatic heterocycles. The molecule has 2 aromatic carbocycles. The lowest BCUT2D eigenvalue weighted by atomic mass is 10.1. The van der Waals surface area contributed by atoms with Crippen LogP contribution in [0.4, 0.5) is 14.5 Å². The zero-order valence-electron chi connectivity index (χ0n) is 11.9. The largest absolute Gasteiger partial charge is 0.386 e. The van der Waals surface area contributed by atoms with Gasteiger partial charge in [0.2, 0.25) is 0 Å². The van der Waals surface area contributed by atoms with Crippen LogP contribution >= 0.6 is 11.6 Å². The molecule has 3 rings (SSSR count). The number of halogens is 3. The molecule has 0 fully saturated rings. The van der Waals surface area contributed by atoms with E-state index >= 15 is 0 Å². The van der Waals surface area contributed by atoms with E-state index in [0.29, 0.717) is 10.4 Å². The number of hydrogen-bond donors (Lipinski definition) is 2. The third-order valence-corrected chi connectivity index (χ3v) is 3.88. The Labute approximate surface area is 136 Å². The smallest absolute Gasteiger partial charge is 0.172 e. The molecule has 1 unspecified atom stereocenters. The van der Waals surface area contributed by atoms with Crippen LogP contribution in [0.15, 0.2) is 48.7 Å². The van der Waals surface area contributed by atoms with Crippen LogP contribution in [0.1, 0.15) is 11.7 Å². The fourth-order valence-electron chi connectivity index (χ4n) is 2.35. The molecule has 1 atom stereocenters. The van der Waals surface area contributed by atoms with Crippen LogP contribution in [0.5, 0.6) is 0 Å². The highest BCUT2D eigenvalue weighted by molar-refractivity contribution is 6.35. The standard InChI is InChI=1S/C17H13ClF2N2O/c18-12-7-8-21-17-10(12)5-6-14(16(17)20)22-9-15(23)11-3-1-2-4-13(11)19/h1-8,15,22-23H,9H2. The van der Waals surface area contributed by atoms with E-state index in [1.165, 1.54) is 30.5 Å². The molecule has 23 heavy (non-hydrogen) atoms. The van der Waals surface area contributed by atoms with Crippen molar-refractivity contribution in [3.05, 3.63) is 70.9 Å². The van der Waals surface area contributed by atoms with E-state index in [2.05, 4.69) is 10.3 Å². The van der Waals surface area contributed by atoms with Gasteiger partial charge in [-0.1, -0.05) is 29.8 Å². The van der Waals surface area contributed by atoms with Crippen molar-refractivity contribution >= 4 is 28.2 Å². The van der Waals surface area contributed by atoms with Crippen molar-refractivity contribution in [3.63, 3.8) is 0 Å². The number of aliphatic hydroxyl groups is 1. The van der Waals surface area contributed by atoms with Gasteiger partial charge in [-0.05, 0) is 24.3 Å². The van der Waals surface area contributed by atoms with Crippen LogP contribution in [0.2, 0.25) is 5.02 Å². The Kier molecular flexibility index (Phi) is 4.41. The molecule has 1 heterocycles. The van der Waals surface area contributed by atoms with Gasteiger partial charge >= 0.3 is 0 Å². The molecule has 2 N–H and O–H groups in total. The van der Waals surface area contributed by atoms with E-state index in [0.717, 1.165) is 0 Å². The zero-order valence-corrected chi connectivity index (χ0v) is 12.7. The number of aromatic nitrogens is 1. The molecular weight excluding hydrogens is 322 g/mol. The number of benzene rings is 2. The maximum Gasteiger partial charge on any atom is 0.172 e. The number of anilines is 1. The second kappa shape index (κ2) is 6.48. The lowest BCUT2D eigenvalue weighted by Crippen LogP contribution is -2.14. The number of aliphatic hydroxyl groups excluding tert-OH is 1. The molecule has 118 valence electrons. The number of nitrogens with one attached hydrogen (secondary N) is 1. The van der Waals surface area contributed by atoms with Gasteiger partial charge in [0, 0.05) is 23.7 Å². The fourth-order valence-corrected chi connectivity index (χ4v) is 2.56. The lowest BCUT2D eigenvalue weighted by molar-refractivity contribution is 0.186. The monoisotopic (exact) mass is 334 g/mol. The summed E-state index contributed by atoms with van der Waals surface area (Å²) in [5.74, 6) is -1.07. The highest BCUT2D eigenvalue weighted by Gasteiger charge is 2.14. The molecule has 0 radical (unpaired) electrons. The average Bonchev–Trinajstić information content (AvgIpc) is 2.55. The van der Waals surface area contributed by atoms with Gasteiger partial charge in [-0.2, -0.15) is 0 Å².